The van der Waals surface area contributed by atoms with Crippen molar-refractivity contribution in [1.82, 2.24) is 45.0 Å². The molecule has 8 rings (SSSR count). The first-order valence-corrected chi connectivity index (χ1v) is 24.6. The van der Waals surface area contributed by atoms with E-state index in [1.54, 1.807) is 54.2 Å². The van der Waals surface area contributed by atoms with Crippen molar-refractivity contribution < 1.29 is 46.6 Å². The van der Waals surface area contributed by atoms with E-state index in [9.17, 15) is 37.1 Å². The SMILES string of the molecule is C=CC(=O)N1CCC2(C1)CN(C(=O)N(C)[C@H](C(=O)N[C@H]1Cc3nc(cs3)-c3ccc4c(c3)c(c(-c3cccnc3[C@H](C)OC)n4CC(F)(F)F)CC(C)(C)COC(=O)[C@@H]3CCCN(N3)C1=O)C(C)C)C2.S.S.S.S. The summed E-state index contributed by atoms with van der Waals surface area (Å²) in [5, 5.41) is 7.16. The van der Waals surface area contributed by atoms with E-state index in [4.69, 9.17) is 14.5 Å². The minimum atomic E-state index is -4.59. The second-order valence-electron chi connectivity index (χ2n) is 20.4. The Bertz CT molecular complexity index is 2700. The average Bonchev–Trinajstić information content (AvgIpc) is 4.05. The van der Waals surface area contributed by atoms with E-state index in [-0.39, 0.29) is 103 Å². The van der Waals surface area contributed by atoms with E-state index in [0.717, 1.165) is 6.42 Å². The normalized spacial score (nSPS) is 20.1. The number of nitrogens with one attached hydrogen (secondary N) is 2. The number of fused-ring (bicyclic) bond motifs is 6. The minimum absolute atomic E-state index is 0. The van der Waals surface area contributed by atoms with E-state index in [2.05, 4.69) is 22.3 Å². The molecule has 4 aliphatic rings. The number of hydrazine groups is 1. The second-order valence-corrected chi connectivity index (χ2v) is 21.3. The van der Waals surface area contributed by atoms with Crippen LogP contribution in [0.1, 0.15) is 76.3 Å². The topological polar surface area (TPSA) is 172 Å². The van der Waals surface area contributed by atoms with Crippen molar-refractivity contribution in [1.29, 1.82) is 0 Å². The van der Waals surface area contributed by atoms with Gasteiger partial charge in [-0.25, -0.2) is 15.2 Å². The van der Waals surface area contributed by atoms with E-state index in [1.165, 1.54) is 39.0 Å². The third-order valence-electron chi connectivity index (χ3n) is 14.0. The lowest BCUT2D eigenvalue weighted by Crippen LogP contribution is -2.65. The highest BCUT2D eigenvalue weighted by atomic mass is 32.1. The average molecular weight is 1130 g/mol. The van der Waals surface area contributed by atoms with Crippen LogP contribution in [0.3, 0.4) is 0 Å². The molecule has 4 atom stereocenters. The zero-order chi connectivity index (χ0) is 50.4. The number of halogens is 3. The second kappa shape index (κ2) is 24.7. The molecule has 3 saturated heterocycles. The number of likely N-dealkylation sites (tertiary alicyclic amines) is 2. The van der Waals surface area contributed by atoms with E-state index >= 15 is 0 Å². The molecular weight excluding hydrogens is 1060 g/mol. The predicted molar refractivity (Wildman–Crippen MR) is 298 cm³/mol. The largest absolute Gasteiger partial charge is 0.464 e. The monoisotopic (exact) mass is 1130 g/mol. The number of ether oxygens (including phenoxy) is 2. The number of aromatic nitrogens is 3. The van der Waals surface area contributed by atoms with Gasteiger partial charge < -0.3 is 34.1 Å². The Labute approximate surface area is 462 Å². The summed E-state index contributed by atoms with van der Waals surface area (Å²) >= 11 is 1.27. The molecular formula is C50H70F3N9O7S5. The molecule has 24 heteroatoms. The van der Waals surface area contributed by atoms with Gasteiger partial charge in [-0.1, -0.05) is 40.3 Å². The smallest absolute Gasteiger partial charge is 0.406 e. The summed E-state index contributed by atoms with van der Waals surface area (Å²) in [5.41, 5.74) is 5.39. The Kier molecular flexibility index (Phi) is 20.7. The number of thiazole rings is 1. The number of nitrogens with zero attached hydrogens (tertiary/aromatic N) is 7. The Morgan fingerprint density at radius 1 is 1.07 bits per heavy atom. The van der Waals surface area contributed by atoms with Gasteiger partial charge in [0.05, 0.1) is 34.8 Å². The first-order chi connectivity index (χ1) is 33.1. The number of amides is 5. The molecule has 1 aromatic carbocycles. The Hall–Kier alpha value is -4.46. The van der Waals surface area contributed by atoms with Crippen LogP contribution < -0.4 is 10.7 Å². The fourth-order valence-electron chi connectivity index (χ4n) is 10.5. The van der Waals surface area contributed by atoms with Gasteiger partial charge in [0.2, 0.25) is 11.8 Å². The number of hydrogen-bond acceptors (Lipinski definition) is 11. The van der Waals surface area contributed by atoms with Gasteiger partial charge in [0.1, 0.15) is 24.7 Å². The summed E-state index contributed by atoms with van der Waals surface area (Å²) in [6.45, 7) is 13.6. The molecule has 4 aliphatic heterocycles. The van der Waals surface area contributed by atoms with Crippen LogP contribution in [0.5, 0.6) is 0 Å². The van der Waals surface area contributed by atoms with Crippen molar-refractivity contribution in [2.24, 2.45) is 16.7 Å². The molecule has 4 aromatic rings. The molecule has 0 saturated carbocycles. The Morgan fingerprint density at radius 3 is 2.43 bits per heavy atom. The zero-order valence-corrected chi connectivity index (χ0v) is 47.5. The summed E-state index contributed by atoms with van der Waals surface area (Å²) in [5.74, 6) is -2.17. The van der Waals surface area contributed by atoms with Crippen LogP contribution in [0, 0.1) is 16.7 Å². The fraction of sp³-hybridized carbons (Fsp3) is 0.540. The van der Waals surface area contributed by atoms with Gasteiger partial charge in [-0.2, -0.15) is 67.2 Å². The first-order valence-electron chi connectivity index (χ1n) is 23.7. The number of carbonyl (C=O) groups is 5. The number of pyridine rings is 1. The number of benzene rings is 1. The molecule has 408 valence electrons. The van der Waals surface area contributed by atoms with E-state index in [1.807, 2.05) is 39.1 Å². The number of urea groups is 1. The van der Waals surface area contributed by atoms with Crippen molar-refractivity contribution in [3.05, 3.63) is 70.8 Å². The van der Waals surface area contributed by atoms with Gasteiger partial charge in [-0.05, 0) is 74.4 Å². The molecule has 2 N–H and O–H groups in total. The maximum atomic E-state index is 14.7. The van der Waals surface area contributed by atoms with Crippen molar-refractivity contribution in [2.45, 2.75) is 104 Å². The van der Waals surface area contributed by atoms with Crippen LogP contribution in [0.25, 0.3) is 33.4 Å². The molecule has 5 amide bonds. The lowest BCUT2D eigenvalue weighted by atomic mass is 9.79. The van der Waals surface area contributed by atoms with Crippen LogP contribution in [0.4, 0.5) is 18.0 Å². The van der Waals surface area contributed by atoms with Gasteiger partial charge in [0.25, 0.3) is 5.91 Å². The molecule has 0 aliphatic carbocycles. The molecule has 7 heterocycles. The lowest BCUT2D eigenvalue weighted by Gasteiger charge is -2.49. The van der Waals surface area contributed by atoms with Crippen molar-refractivity contribution in [2.75, 3.05) is 53.5 Å². The fourth-order valence-corrected chi connectivity index (χ4v) is 11.4. The quantitative estimate of drug-likeness (QED) is 0.132. The number of methoxy groups -OCH3 is 1. The van der Waals surface area contributed by atoms with E-state index in [0.29, 0.717) is 88.7 Å². The van der Waals surface area contributed by atoms with Crippen molar-refractivity contribution in [3.8, 4) is 22.5 Å². The number of rotatable bonds is 9. The van der Waals surface area contributed by atoms with Gasteiger partial charge >= 0.3 is 18.2 Å². The summed E-state index contributed by atoms with van der Waals surface area (Å²) in [6, 6.07) is 5.22. The zero-order valence-electron chi connectivity index (χ0n) is 42.7. The van der Waals surface area contributed by atoms with Crippen molar-refractivity contribution in [3.63, 3.8) is 0 Å². The minimum Gasteiger partial charge on any atom is -0.464 e. The number of likely N-dealkylation sites (N-methyl/N-ethyl adjacent to an activating group) is 1. The molecule has 0 radical (unpaired) electrons. The van der Waals surface area contributed by atoms with Crippen LogP contribution in [-0.4, -0.2) is 142 Å². The summed E-state index contributed by atoms with van der Waals surface area (Å²) in [6.07, 6.45) is -0.559. The third-order valence-corrected chi connectivity index (χ3v) is 14.9. The highest BCUT2D eigenvalue weighted by molar-refractivity contribution is 7.59. The molecule has 16 nitrogen and oxygen atoms in total. The molecule has 1 spiro atoms. The van der Waals surface area contributed by atoms with Crippen LogP contribution >= 0.6 is 65.3 Å². The standard InChI is InChI=1S/C50H62F3N9O7S.4H2S/c1-9-40(63)59-19-16-49(24-59)25-60(26-49)47(67)58(7)42(29(2)3)44(64)56-36-21-39-55-37(23-70-39)31-14-15-38-33(20-31)34(22-48(5,6)28-69-46(66)35-13-11-18-62(57-35)45(36)65)43(61(38)27-50(51,52)53)32-12-10-17-54-41(32)30(4)68-8;;;;/h9-10,12,14-15,17,20,23,29-30,35-36,42,57H,1,11,13,16,18-19,21-22,24-28H2,2-8H3,(H,56,64);4*1H2/t30-,35-,36-,42-;;;;/m0..../s1. The number of hydrogen-bond donors (Lipinski definition) is 2. The van der Waals surface area contributed by atoms with Crippen LogP contribution in [0.2, 0.25) is 0 Å². The number of carbonyl (C=O) groups excluding carboxylic acids is 5. The highest BCUT2D eigenvalue weighted by Gasteiger charge is 2.51. The third kappa shape index (κ3) is 13.0. The predicted octanol–water partition coefficient (Wildman–Crippen LogP) is 6.99. The van der Waals surface area contributed by atoms with E-state index < -0.39 is 60.1 Å². The first kappa shape index (κ1) is 62.1. The Morgan fingerprint density at radius 2 is 1.77 bits per heavy atom. The maximum Gasteiger partial charge on any atom is 0.406 e. The lowest BCUT2D eigenvalue weighted by molar-refractivity contribution is -0.155. The molecule has 6 bridgehead atoms. The summed E-state index contributed by atoms with van der Waals surface area (Å²) in [4.78, 5) is 83.6. The summed E-state index contributed by atoms with van der Waals surface area (Å²) < 4.78 is 56.9. The van der Waals surface area contributed by atoms with Gasteiger partial charge in [0, 0.05) is 97.7 Å². The number of esters is 1. The number of cyclic esters (lactones) is 1. The van der Waals surface area contributed by atoms with Crippen LogP contribution in [0.15, 0.2) is 54.6 Å². The van der Waals surface area contributed by atoms with Gasteiger partial charge in [-0.15, -0.1) is 11.3 Å². The summed E-state index contributed by atoms with van der Waals surface area (Å²) in [7, 11) is 3.08. The molecule has 0 unspecified atom stereocenters. The van der Waals surface area contributed by atoms with Gasteiger partial charge in [0.15, 0.2) is 0 Å². The van der Waals surface area contributed by atoms with Crippen molar-refractivity contribution >= 4 is 106 Å². The Balaban J connectivity index is 0.00000296. The molecule has 74 heavy (non-hydrogen) atoms. The number of alkyl halides is 3. The highest BCUT2D eigenvalue weighted by Crippen LogP contribution is 2.44. The maximum absolute atomic E-state index is 14.7. The van der Waals surface area contributed by atoms with Gasteiger partial charge in [-0.3, -0.25) is 29.2 Å². The molecule has 3 fully saturated rings. The van der Waals surface area contributed by atoms with Crippen LogP contribution in [-0.2, 0) is 48.0 Å². The molecule has 3 aromatic heterocycles.